The van der Waals surface area contributed by atoms with Crippen molar-refractivity contribution in [3.63, 3.8) is 0 Å². The molecule has 0 heterocycles. The molecule has 86 heavy (non-hydrogen) atoms. The van der Waals surface area contributed by atoms with E-state index < -0.39 is 20.0 Å². The maximum atomic E-state index is 13.1. The third-order valence-electron chi connectivity index (χ3n) is 18.2. The fourth-order valence-electron chi connectivity index (χ4n) is 12.2. The van der Waals surface area contributed by atoms with Crippen LogP contribution in [-0.4, -0.2) is 73.4 Å². The molecule has 0 saturated carbocycles. The van der Waals surface area contributed by atoms with Crippen LogP contribution in [-0.2, 0) is 18.4 Å². The Labute approximate surface area is 538 Å². The smallest absolute Gasteiger partial charge is 0.387 e. The van der Waals surface area contributed by atoms with Gasteiger partial charge in [-0.3, -0.25) is 13.8 Å². The predicted molar refractivity (Wildman–Crippen MR) is 378 cm³/mol. The largest absolute Gasteiger partial charge is 0.472 e. The number of likely N-dealkylation sites (N-methyl/N-ethyl adjacent to an activating group) is 1. The van der Waals surface area contributed by atoms with Crippen LogP contribution < -0.4 is 5.32 Å². The highest BCUT2D eigenvalue weighted by molar-refractivity contribution is 7.47. The molecule has 0 bridgehead atoms. The normalized spacial score (nSPS) is 13.6. The number of phosphoric ester groups is 1. The first kappa shape index (κ1) is 85.0. The van der Waals surface area contributed by atoms with Gasteiger partial charge in [0.25, 0.3) is 0 Å². The van der Waals surface area contributed by atoms with Gasteiger partial charge in [0, 0.05) is 6.42 Å². The highest BCUT2D eigenvalue weighted by atomic mass is 31.2. The topological polar surface area (TPSA) is 105 Å². The maximum Gasteiger partial charge on any atom is 0.472 e. The lowest BCUT2D eigenvalue weighted by molar-refractivity contribution is -0.870. The molecule has 0 aliphatic rings. The molecule has 3 unspecified atom stereocenters. The summed E-state index contributed by atoms with van der Waals surface area (Å²) < 4.78 is 23.9. The average Bonchev–Trinajstić information content (AvgIpc) is 3.70. The van der Waals surface area contributed by atoms with Crippen LogP contribution in [0.25, 0.3) is 0 Å². The van der Waals surface area contributed by atoms with Crippen LogP contribution in [0, 0.1) is 0 Å². The van der Waals surface area contributed by atoms with Crippen LogP contribution >= 0.6 is 7.82 Å². The molecular weight excluding hydrogens is 1080 g/mol. The molecule has 0 saturated heterocycles. The minimum absolute atomic E-state index is 0.0644. The van der Waals surface area contributed by atoms with Gasteiger partial charge in [-0.25, -0.2) is 4.57 Å². The molecule has 0 aromatic rings. The van der Waals surface area contributed by atoms with E-state index in [4.69, 9.17) is 9.05 Å². The Balaban J connectivity index is 3.93. The molecule has 0 rings (SSSR count). The summed E-state index contributed by atoms with van der Waals surface area (Å²) in [5, 5.41) is 14.0. The molecule has 0 aromatic heterocycles. The second-order valence-electron chi connectivity index (χ2n) is 28.1. The average molecular weight is 1240 g/mol. The molecule has 0 radical (unpaired) electrons. The number of amides is 1. The first-order valence-electron chi connectivity index (χ1n) is 38.7. The molecule has 0 fully saturated rings. The molecule has 0 spiro atoms. The van der Waals surface area contributed by atoms with E-state index in [2.05, 4.69) is 31.3 Å². The lowest BCUT2D eigenvalue weighted by Crippen LogP contribution is -2.45. The number of nitrogens with zero attached hydrogens (tertiary/aromatic N) is 1. The van der Waals surface area contributed by atoms with Crippen LogP contribution in [0.4, 0.5) is 0 Å². The van der Waals surface area contributed by atoms with E-state index in [0.29, 0.717) is 17.4 Å². The standard InChI is InChI=1S/C77H153N2O6P/c1-6-8-10-12-14-16-18-20-22-24-26-28-30-32-33-34-35-36-37-38-39-40-41-42-43-44-45-47-49-51-53-55-57-59-61-63-65-67-69-71-77(81)78-75(74-85-86(82,83)84-73-72-79(3,4)5)76(80)70-68-66-64-62-60-58-56-54-52-50-48-46-31-29-27-25-23-21-19-17-15-13-11-9-7-2/h38-39,68,70,75-76,80H,6-37,40-67,69,71-74H2,1-5H3,(H-,78,81,82,83)/p+1/b39-38-,70-68+. The Bertz CT molecular complexity index is 1450. The Hall–Kier alpha value is -1.02. The number of hydrogen-bond acceptors (Lipinski definition) is 5. The Morgan fingerprint density at radius 2 is 0.628 bits per heavy atom. The fraction of sp³-hybridized carbons (Fsp3) is 0.935. The molecule has 0 aliphatic carbocycles. The molecule has 3 N–H and O–H groups in total. The van der Waals surface area contributed by atoms with E-state index in [1.807, 2.05) is 27.2 Å². The highest BCUT2D eigenvalue weighted by Crippen LogP contribution is 2.43. The highest BCUT2D eigenvalue weighted by Gasteiger charge is 2.28. The van der Waals surface area contributed by atoms with Gasteiger partial charge in [-0.2, -0.15) is 0 Å². The third kappa shape index (κ3) is 70.4. The summed E-state index contributed by atoms with van der Waals surface area (Å²) in [5.41, 5.74) is 0. The first-order chi connectivity index (χ1) is 42.0. The van der Waals surface area contributed by atoms with Gasteiger partial charge >= 0.3 is 7.82 Å². The number of carbonyl (C=O) groups excluding carboxylic acids is 1. The van der Waals surface area contributed by atoms with Crippen LogP contribution in [0.5, 0.6) is 0 Å². The number of nitrogens with one attached hydrogen (secondary N) is 1. The van der Waals surface area contributed by atoms with Gasteiger partial charge in [0.05, 0.1) is 39.9 Å². The van der Waals surface area contributed by atoms with Crippen LogP contribution in [0.1, 0.15) is 412 Å². The van der Waals surface area contributed by atoms with Crippen molar-refractivity contribution in [1.82, 2.24) is 5.32 Å². The minimum Gasteiger partial charge on any atom is -0.387 e. The summed E-state index contributed by atoms with van der Waals surface area (Å²) in [7, 11) is 1.59. The van der Waals surface area contributed by atoms with Crippen molar-refractivity contribution in [2.75, 3.05) is 40.9 Å². The van der Waals surface area contributed by atoms with Gasteiger partial charge in [-0.05, 0) is 44.9 Å². The van der Waals surface area contributed by atoms with Crippen molar-refractivity contribution < 1.29 is 32.9 Å². The zero-order chi connectivity index (χ0) is 62.6. The molecular formula is C77H154N2O6P+. The van der Waals surface area contributed by atoms with Gasteiger partial charge in [0.15, 0.2) is 0 Å². The summed E-state index contributed by atoms with van der Waals surface area (Å²) in [4.78, 5) is 23.5. The van der Waals surface area contributed by atoms with Crippen molar-refractivity contribution in [2.24, 2.45) is 0 Å². The summed E-state index contributed by atoms with van der Waals surface area (Å²) in [6.45, 7) is 4.89. The molecule has 512 valence electrons. The maximum absolute atomic E-state index is 13.1. The van der Waals surface area contributed by atoms with E-state index in [-0.39, 0.29) is 19.1 Å². The number of carbonyl (C=O) groups is 1. The van der Waals surface area contributed by atoms with Crippen LogP contribution in [0.3, 0.4) is 0 Å². The number of allylic oxidation sites excluding steroid dienone is 3. The molecule has 3 atom stereocenters. The summed E-state index contributed by atoms with van der Waals surface area (Å²) >= 11 is 0. The third-order valence-corrected chi connectivity index (χ3v) is 19.1. The zero-order valence-corrected chi connectivity index (χ0v) is 59.7. The van der Waals surface area contributed by atoms with Gasteiger partial charge in [-0.15, -0.1) is 0 Å². The molecule has 0 aromatic carbocycles. The van der Waals surface area contributed by atoms with Gasteiger partial charge in [0.2, 0.25) is 5.91 Å². The summed E-state index contributed by atoms with van der Waals surface area (Å²) in [6.07, 6.45) is 90.8. The Kier molecular flexibility index (Phi) is 67.5. The number of quaternary nitrogens is 1. The second kappa shape index (κ2) is 68.3. The molecule has 0 aliphatic heterocycles. The van der Waals surface area contributed by atoms with E-state index in [1.54, 1.807) is 6.08 Å². The summed E-state index contributed by atoms with van der Waals surface area (Å²) in [6, 6.07) is -0.846. The van der Waals surface area contributed by atoms with Gasteiger partial charge < -0.3 is 19.8 Å². The number of phosphoric acid groups is 1. The quantitative estimate of drug-likeness (QED) is 0.0243. The number of hydrogen-bond donors (Lipinski definition) is 3. The zero-order valence-electron chi connectivity index (χ0n) is 58.8. The number of rotatable bonds is 73. The predicted octanol–water partition coefficient (Wildman–Crippen LogP) is 25.0. The summed E-state index contributed by atoms with van der Waals surface area (Å²) in [5.74, 6) is -0.168. The van der Waals surface area contributed by atoms with E-state index in [9.17, 15) is 19.4 Å². The number of aliphatic hydroxyl groups excluding tert-OH is 1. The lowest BCUT2D eigenvalue weighted by Gasteiger charge is -2.25. The van der Waals surface area contributed by atoms with Crippen molar-refractivity contribution in [3.8, 4) is 0 Å². The number of aliphatic hydroxyl groups is 1. The first-order valence-corrected chi connectivity index (χ1v) is 40.2. The Morgan fingerprint density at radius 1 is 0.384 bits per heavy atom. The van der Waals surface area contributed by atoms with Gasteiger partial charge in [0.1, 0.15) is 13.2 Å². The monoisotopic (exact) mass is 1230 g/mol. The SMILES string of the molecule is CCCCCCCCCCCCCCCCCCCC/C=C\CCCCCCCCCCCCCCCCCCCC(=O)NC(COP(=O)(O)OCC[N+](C)(C)C)C(O)/C=C/CCCCCCCCCCCCCCCCCCCCCCCCC. The fourth-order valence-corrected chi connectivity index (χ4v) is 12.9. The molecule has 9 heteroatoms. The minimum atomic E-state index is -4.35. The van der Waals surface area contributed by atoms with Crippen molar-refractivity contribution in [1.29, 1.82) is 0 Å². The van der Waals surface area contributed by atoms with Gasteiger partial charge in [-0.1, -0.05) is 385 Å². The van der Waals surface area contributed by atoms with E-state index >= 15 is 0 Å². The molecule has 8 nitrogen and oxygen atoms in total. The van der Waals surface area contributed by atoms with Crippen molar-refractivity contribution in [2.45, 2.75) is 424 Å². The second-order valence-corrected chi connectivity index (χ2v) is 29.5. The lowest BCUT2D eigenvalue weighted by atomic mass is 10.0. The van der Waals surface area contributed by atoms with E-state index in [0.717, 1.165) is 32.1 Å². The van der Waals surface area contributed by atoms with Crippen LogP contribution in [0.15, 0.2) is 24.3 Å². The molecule has 1 amide bonds. The van der Waals surface area contributed by atoms with Crippen LogP contribution in [0.2, 0.25) is 0 Å². The Morgan fingerprint density at radius 3 is 0.895 bits per heavy atom. The van der Waals surface area contributed by atoms with Crippen molar-refractivity contribution in [3.05, 3.63) is 24.3 Å². The van der Waals surface area contributed by atoms with Crippen molar-refractivity contribution >= 4 is 13.7 Å². The number of unbranched alkanes of at least 4 members (excludes halogenated alkanes) is 58. The van der Waals surface area contributed by atoms with E-state index in [1.165, 1.54) is 360 Å².